The van der Waals surface area contributed by atoms with Gasteiger partial charge in [0.1, 0.15) is 0 Å². The highest BCUT2D eigenvalue weighted by molar-refractivity contribution is 5.95. The maximum Gasteiger partial charge on any atom is 0.231 e. The highest BCUT2D eigenvalue weighted by atomic mass is 16.2. The van der Waals surface area contributed by atoms with Gasteiger partial charge in [-0.05, 0) is 38.4 Å². The molecule has 1 amide bonds. The predicted molar refractivity (Wildman–Crippen MR) is 83.9 cm³/mol. The Morgan fingerprint density at radius 1 is 1.43 bits per heavy atom. The number of amides is 1. The predicted octanol–water partition coefficient (Wildman–Crippen LogP) is 2.67. The number of nitriles is 1. The Morgan fingerprint density at radius 3 is 2.86 bits per heavy atom. The van der Waals surface area contributed by atoms with Gasteiger partial charge >= 0.3 is 0 Å². The quantitative estimate of drug-likeness (QED) is 0.835. The van der Waals surface area contributed by atoms with Gasteiger partial charge in [0.2, 0.25) is 5.91 Å². The average Bonchev–Trinajstić information content (AvgIpc) is 2.55. The molecule has 1 aromatic rings. The fraction of sp³-hybridized carbons (Fsp3) is 0.529. The molecule has 1 unspecified atom stereocenters. The Morgan fingerprint density at radius 2 is 2.19 bits per heavy atom. The van der Waals surface area contributed by atoms with Crippen molar-refractivity contribution in [2.24, 2.45) is 5.92 Å². The first-order valence-electron chi connectivity index (χ1n) is 7.72. The molecule has 0 aromatic heterocycles. The van der Waals surface area contributed by atoms with E-state index >= 15 is 0 Å². The van der Waals surface area contributed by atoms with Gasteiger partial charge in [0.15, 0.2) is 0 Å². The van der Waals surface area contributed by atoms with Crippen LogP contribution in [0.15, 0.2) is 30.3 Å². The number of anilines is 1. The molecule has 0 radical (unpaired) electrons. The van der Waals surface area contributed by atoms with Gasteiger partial charge in [-0.3, -0.25) is 4.79 Å². The molecule has 0 N–H and O–H groups in total. The molecular weight excluding hydrogens is 262 g/mol. The first-order chi connectivity index (χ1) is 10.3. The molecule has 4 heteroatoms. The van der Waals surface area contributed by atoms with Crippen molar-refractivity contribution in [3.63, 3.8) is 0 Å². The van der Waals surface area contributed by atoms with Crippen molar-refractivity contribution >= 4 is 11.6 Å². The van der Waals surface area contributed by atoms with Crippen molar-refractivity contribution < 1.29 is 4.79 Å². The first kappa shape index (κ1) is 15.5. The summed E-state index contributed by atoms with van der Waals surface area (Å²) in [7, 11) is 0. The molecule has 1 aliphatic heterocycles. The van der Waals surface area contributed by atoms with Gasteiger partial charge in [-0.15, -0.1) is 0 Å². The summed E-state index contributed by atoms with van der Waals surface area (Å²) in [5, 5.41) is 8.70. The fourth-order valence-electron chi connectivity index (χ4n) is 2.96. The van der Waals surface area contributed by atoms with Crippen molar-refractivity contribution in [1.82, 2.24) is 4.90 Å². The summed E-state index contributed by atoms with van der Waals surface area (Å²) >= 11 is 0. The molecule has 1 fully saturated rings. The normalized spacial score (nSPS) is 19.0. The Labute approximate surface area is 127 Å². The van der Waals surface area contributed by atoms with Gasteiger partial charge in [0.05, 0.1) is 12.0 Å². The number of carbonyl (C=O) groups excluding carboxylic acids is 1. The van der Waals surface area contributed by atoms with E-state index < -0.39 is 0 Å². The van der Waals surface area contributed by atoms with Crippen LogP contribution in [0.4, 0.5) is 5.69 Å². The molecule has 21 heavy (non-hydrogen) atoms. The molecule has 2 rings (SSSR count). The lowest BCUT2D eigenvalue weighted by Crippen LogP contribution is -2.45. The van der Waals surface area contributed by atoms with Gasteiger partial charge < -0.3 is 9.80 Å². The van der Waals surface area contributed by atoms with Crippen molar-refractivity contribution in [2.75, 3.05) is 31.1 Å². The number of rotatable bonds is 5. The molecule has 0 aliphatic carbocycles. The summed E-state index contributed by atoms with van der Waals surface area (Å²) in [6.07, 6.45) is 2.52. The third-order valence-electron chi connectivity index (χ3n) is 4.04. The standard InChI is InChI=1S/C17H23N3O/c1-2-20(16-9-4-3-5-10-16)17(21)15-8-6-12-19(14-15)13-7-11-18/h3-5,9-10,15H,2,6-8,12-14H2,1H3. The highest BCUT2D eigenvalue weighted by Gasteiger charge is 2.29. The second kappa shape index (κ2) is 7.80. The number of carbonyl (C=O) groups is 1. The van der Waals surface area contributed by atoms with Gasteiger partial charge in [-0.25, -0.2) is 0 Å². The molecule has 1 heterocycles. The van der Waals surface area contributed by atoms with E-state index in [-0.39, 0.29) is 11.8 Å². The maximum atomic E-state index is 12.8. The lowest BCUT2D eigenvalue weighted by Gasteiger charge is -2.34. The summed E-state index contributed by atoms with van der Waals surface area (Å²) in [6, 6.07) is 12.0. The minimum atomic E-state index is 0.0533. The number of hydrogen-bond donors (Lipinski definition) is 0. The van der Waals surface area contributed by atoms with E-state index in [1.165, 1.54) is 0 Å². The Kier molecular flexibility index (Phi) is 5.77. The molecule has 112 valence electrons. The van der Waals surface area contributed by atoms with Crippen molar-refractivity contribution in [2.45, 2.75) is 26.2 Å². The van der Waals surface area contributed by atoms with Gasteiger partial charge in [-0.1, -0.05) is 18.2 Å². The van der Waals surface area contributed by atoms with E-state index in [2.05, 4.69) is 11.0 Å². The van der Waals surface area contributed by atoms with E-state index in [1.54, 1.807) is 0 Å². The van der Waals surface area contributed by atoms with E-state index in [4.69, 9.17) is 5.26 Å². The van der Waals surface area contributed by atoms with Crippen LogP contribution < -0.4 is 4.90 Å². The smallest absolute Gasteiger partial charge is 0.231 e. The van der Waals surface area contributed by atoms with Crippen LogP contribution in [-0.2, 0) is 4.79 Å². The summed E-state index contributed by atoms with van der Waals surface area (Å²) in [5.41, 5.74) is 0.971. The highest BCUT2D eigenvalue weighted by Crippen LogP contribution is 2.22. The van der Waals surface area contributed by atoms with Crippen LogP contribution >= 0.6 is 0 Å². The van der Waals surface area contributed by atoms with Crippen LogP contribution in [0.1, 0.15) is 26.2 Å². The number of piperidine rings is 1. The third-order valence-corrected chi connectivity index (χ3v) is 4.04. The molecule has 1 aliphatic rings. The zero-order valence-electron chi connectivity index (χ0n) is 12.7. The number of likely N-dealkylation sites (tertiary alicyclic amines) is 1. The summed E-state index contributed by atoms with van der Waals surface area (Å²) in [6.45, 7) is 5.27. The molecule has 1 aromatic carbocycles. The van der Waals surface area contributed by atoms with Gasteiger partial charge in [-0.2, -0.15) is 5.26 Å². The summed E-state index contributed by atoms with van der Waals surface area (Å²) in [4.78, 5) is 16.9. The molecule has 0 bridgehead atoms. The lowest BCUT2D eigenvalue weighted by atomic mass is 9.96. The summed E-state index contributed by atoms with van der Waals surface area (Å²) < 4.78 is 0. The third kappa shape index (κ3) is 4.05. The van der Waals surface area contributed by atoms with Crippen LogP contribution in [0.25, 0.3) is 0 Å². The van der Waals surface area contributed by atoms with Gasteiger partial charge in [0.25, 0.3) is 0 Å². The Balaban J connectivity index is 2.02. The van der Waals surface area contributed by atoms with Gasteiger partial charge in [0, 0.05) is 31.7 Å². The maximum absolute atomic E-state index is 12.8. The van der Waals surface area contributed by atoms with E-state index in [9.17, 15) is 4.79 Å². The molecule has 0 saturated carbocycles. The fourth-order valence-corrected chi connectivity index (χ4v) is 2.96. The van der Waals surface area contributed by atoms with E-state index in [0.29, 0.717) is 13.0 Å². The first-order valence-corrected chi connectivity index (χ1v) is 7.72. The van der Waals surface area contributed by atoms with Crippen LogP contribution in [-0.4, -0.2) is 37.0 Å². The zero-order valence-corrected chi connectivity index (χ0v) is 12.7. The Hall–Kier alpha value is -1.86. The number of nitrogens with zero attached hydrogens (tertiary/aromatic N) is 3. The average molecular weight is 285 g/mol. The second-order valence-corrected chi connectivity index (χ2v) is 5.47. The number of para-hydroxylation sites is 1. The SMILES string of the molecule is CCN(C(=O)C1CCCN(CCC#N)C1)c1ccccc1. The largest absolute Gasteiger partial charge is 0.312 e. The summed E-state index contributed by atoms with van der Waals surface area (Å²) in [5.74, 6) is 0.267. The molecule has 4 nitrogen and oxygen atoms in total. The molecule has 1 atom stereocenters. The van der Waals surface area contributed by atoms with Crippen molar-refractivity contribution in [3.8, 4) is 6.07 Å². The minimum Gasteiger partial charge on any atom is -0.312 e. The topological polar surface area (TPSA) is 47.3 Å². The minimum absolute atomic E-state index is 0.0533. The van der Waals surface area contributed by atoms with Crippen molar-refractivity contribution in [3.05, 3.63) is 30.3 Å². The van der Waals surface area contributed by atoms with Crippen molar-refractivity contribution in [1.29, 1.82) is 5.26 Å². The lowest BCUT2D eigenvalue weighted by molar-refractivity contribution is -0.124. The molecular formula is C17H23N3O. The monoisotopic (exact) mass is 285 g/mol. The molecule has 0 spiro atoms. The van der Waals surface area contributed by atoms with E-state index in [1.807, 2.05) is 42.2 Å². The number of hydrogen-bond acceptors (Lipinski definition) is 3. The van der Waals surface area contributed by atoms with E-state index in [0.717, 1.165) is 38.2 Å². The van der Waals surface area contributed by atoms with Crippen LogP contribution in [0.2, 0.25) is 0 Å². The van der Waals surface area contributed by atoms with Crippen LogP contribution in [0.5, 0.6) is 0 Å². The zero-order chi connectivity index (χ0) is 15.1. The number of benzene rings is 1. The molecule has 1 saturated heterocycles. The second-order valence-electron chi connectivity index (χ2n) is 5.47. The van der Waals surface area contributed by atoms with Crippen LogP contribution in [0.3, 0.4) is 0 Å². The Bertz CT molecular complexity index is 495. The van der Waals surface area contributed by atoms with Crippen LogP contribution in [0, 0.1) is 17.2 Å².